The van der Waals surface area contributed by atoms with Gasteiger partial charge >= 0.3 is 11.7 Å². The third kappa shape index (κ3) is 2.69. The molecule has 1 aromatic carbocycles. The number of aromatic amines is 2. The zero-order valence-electron chi connectivity index (χ0n) is 14.5. The summed E-state index contributed by atoms with van der Waals surface area (Å²) in [4.78, 5) is 36.2. The number of ether oxygens (including phenoxy) is 1. The molecule has 2 N–H and O–H groups in total. The average molecular weight is 344 g/mol. The predicted octanol–water partition coefficient (Wildman–Crippen LogP) is 0.897. The number of aryl methyl sites for hydroxylation is 3. The molecule has 0 aliphatic rings. The minimum Gasteiger partial charge on any atom is -0.469 e. The first-order valence-electron chi connectivity index (χ1n) is 7.84. The van der Waals surface area contributed by atoms with Crippen LogP contribution in [0.2, 0.25) is 0 Å². The fourth-order valence-corrected chi connectivity index (χ4v) is 3.25. The molecule has 132 valence electrons. The van der Waals surface area contributed by atoms with Crippen LogP contribution in [0, 0.1) is 6.92 Å². The highest BCUT2D eigenvalue weighted by Crippen LogP contribution is 2.30. The summed E-state index contributed by atoms with van der Waals surface area (Å²) >= 11 is 0. The number of nitrogens with one attached hydrogen (secondary N) is 2. The second-order valence-corrected chi connectivity index (χ2v) is 6.10. The molecule has 0 saturated heterocycles. The van der Waals surface area contributed by atoms with Crippen molar-refractivity contribution >= 4 is 17.0 Å². The molecule has 0 unspecified atom stereocenters. The fraction of sp³-hybridized carbons (Fsp3) is 0.353. The van der Waals surface area contributed by atoms with Gasteiger partial charge in [-0.1, -0.05) is 6.07 Å². The van der Waals surface area contributed by atoms with Gasteiger partial charge in [-0.25, -0.2) is 4.79 Å². The number of imidazole rings is 1. The molecular formula is C17H20N4O4. The number of hydrogen-bond donors (Lipinski definition) is 2. The molecule has 8 nitrogen and oxygen atoms in total. The van der Waals surface area contributed by atoms with Crippen molar-refractivity contribution in [3.05, 3.63) is 55.9 Å². The number of fused-ring (bicyclic) bond motifs is 1. The van der Waals surface area contributed by atoms with E-state index in [0.717, 1.165) is 16.6 Å². The number of benzene rings is 1. The summed E-state index contributed by atoms with van der Waals surface area (Å²) in [6.07, 6.45) is 0.0323. The Hall–Kier alpha value is -3.03. The molecule has 0 aliphatic carbocycles. The number of hydrogen-bond acceptors (Lipinski definition) is 4. The summed E-state index contributed by atoms with van der Waals surface area (Å²) in [7, 11) is 4.72. The fourth-order valence-electron chi connectivity index (χ4n) is 3.25. The van der Waals surface area contributed by atoms with E-state index in [-0.39, 0.29) is 17.7 Å². The van der Waals surface area contributed by atoms with Crippen LogP contribution in [-0.4, -0.2) is 32.4 Å². The lowest BCUT2D eigenvalue weighted by Gasteiger charge is -2.16. The van der Waals surface area contributed by atoms with E-state index in [1.54, 1.807) is 30.2 Å². The third-order valence-corrected chi connectivity index (χ3v) is 4.66. The van der Waals surface area contributed by atoms with Crippen molar-refractivity contribution < 1.29 is 9.53 Å². The van der Waals surface area contributed by atoms with Crippen LogP contribution >= 0.6 is 0 Å². The molecule has 0 radical (unpaired) electrons. The quantitative estimate of drug-likeness (QED) is 0.686. The average Bonchev–Trinajstić information content (AvgIpc) is 3.05. The van der Waals surface area contributed by atoms with Crippen LogP contribution in [0.15, 0.2) is 27.8 Å². The maximum Gasteiger partial charge on any atom is 0.328 e. The largest absolute Gasteiger partial charge is 0.469 e. The van der Waals surface area contributed by atoms with Crippen LogP contribution < -0.4 is 11.2 Å². The van der Waals surface area contributed by atoms with Gasteiger partial charge in [-0.15, -0.1) is 0 Å². The van der Waals surface area contributed by atoms with Gasteiger partial charge in [0.2, 0.25) is 0 Å². The molecule has 1 atom stereocenters. The zero-order chi connectivity index (χ0) is 18.3. The van der Waals surface area contributed by atoms with Crippen molar-refractivity contribution in [2.45, 2.75) is 19.3 Å². The van der Waals surface area contributed by atoms with Crippen LogP contribution in [0.4, 0.5) is 0 Å². The van der Waals surface area contributed by atoms with Crippen LogP contribution in [-0.2, 0) is 23.6 Å². The van der Waals surface area contributed by atoms with E-state index in [9.17, 15) is 14.4 Å². The Morgan fingerprint density at radius 3 is 2.44 bits per heavy atom. The first-order valence-corrected chi connectivity index (χ1v) is 7.84. The number of esters is 1. The lowest BCUT2D eigenvalue weighted by molar-refractivity contribution is -0.140. The van der Waals surface area contributed by atoms with Crippen molar-refractivity contribution in [2.75, 3.05) is 7.11 Å². The minimum absolute atomic E-state index is 0.0323. The van der Waals surface area contributed by atoms with E-state index in [1.807, 2.05) is 18.2 Å². The molecule has 25 heavy (non-hydrogen) atoms. The molecule has 3 aromatic rings. The molecule has 2 heterocycles. The van der Waals surface area contributed by atoms with Crippen LogP contribution in [0.1, 0.15) is 29.2 Å². The SMILES string of the molecule is COC(=O)C[C@H](c1ccc2c(c1)n(C)c(=O)n2C)c1c(C)[nH][nH]c1=O. The number of H-pyrrole nitrogens is 2. The van der Waals surface area contributed by atoms with Gasteiger partial charge in [-0.3, -0.25) is 23.8 Å². The predicted molar refractivity (Wildman–Crippen MR) is 92.8 cm³/mol. The number of methoxy groups -OCH3 is 1. The van der Waals surface area contributed by atoms with Gasteiger partial charge < -0.3 is 9.84 Å². The zero-order valence-corrected chi connectivity index (χ0v) is 14.5. The molecule has 0 amide bonds. The van der Waals surface area contributed by atoms with Crippen LogP contribution in [0.3, 0.4) is 0 Å². The molecule has 0 spiro atoms. The minimum atomic E-state index is -0.470. The van der Waals surface area contributed by atoms with Crippen molar-refractivity contribution in [1.29, 1.82) is 0 Å². The lowest BCUT2D eigenvalue weighted by Crippen LogP contribution is -2.19. The molecule has 0 fully saturated rings. The van der Waals surface area contributed by atoms with Gasteiger partial charge in [0.1, 0.15) is 0 Å². The van der Waals surface area contributed by atoms with E-state index >= 15 is 0 Å². The number of rotatable bonds is 4. The highest BCUT2D eigenvalue weighted by molar-refractivity contribution is 5.78. The smallest absolute Gasteiger partial charge is 0.328 e. The van der Waals surface area contributed by atoms with Gasteiger partial charge in [0.25, 0.3) is 5.56 Å². The van der Waals surface area contributed by atoms with Gasteiger partial charge in [0.15, 0.2) is 0 Å². The Kier molecular flexibility index (Phi) is 4.12. The Morgan fingerprint density at radius 1 is 1.16 bits per heavy atom. The number of nitrogens with zero attached hydrogens (tertiary/aromatic N) is 2. The Morgan fingerprint density at radius 2 is 1.84 bits per heavy atom. The standard InChI is InChI=1S/C17H20N4O4/c1-9-15(16(23)19-18-9)11(8-14(22)25-4)10-5-6-12-13(7-10)21(3)17(24)20(12)2/h5-7,11H,8H2,1-4H3,(H2,18,19,23)/t11-/m1/s1. The molecule has 3 rings (SSSR count). The molecule has 0 aliphatic heterocycles. The molecular weight excluding hydrogens is 324 g/mol. The van der Waals surface area contributed by atoms with E-state index in [1.165, 1.54) is 7.11 Å². The first-order chi connectivity index (χ1) is 11.8. The Labute approximate surface area is 143 Å². The van der Waals surface area contributed by atoms with Gasteiger partial charge in [0.05, 0.1) is 24.6 Å². The summed E-state index contributed by atoms with van der Waals surface area (Å²) in [5.74, 6) is -0.880. The van der Waals surface area contributed by atoms with Crippen molar-refractivity contribution in [3.8, 4) is 0 Å². The van der Waals surface area contributed by atoms with E-state index < -0.39 is 11.9 Å². The highest BCUT2D eigenvalue weighted by atomic mass is 16.5. The second-order valence-electron chi connectivity index (χ2n) is 6.10. The normalized spacial score (nSPS) is 12.5. The van der Waals surface area contributed by atoms with Gasteiger partial charge in [0, 0.05) is 31.3 Å². The monoisotopic (exact) mass is 344 g/mol. The van der Waals surface area contributed by atoms with Crippen molar-refractivity contribution in [1.82, 2.24) is 19.3 Å². The topological polar surface area (TPSA) is 102 Å². The van der Waals surface area contributed by atoms with Crippen molar-refractivity contribution in [2.24, 2.45) is 14.1 Å². The Balaban J connectivity index is 2.21. The van der Waals surface area contributed by atoms with E-state index in [0.29, 0.717) is 11.3 Å². The molecule has 2 aromatic heterocycles. The highest BCUT2D eigenvalue weighted by Gasteiger charge is 2.25. The van der Waals surface area contributed by atoms with E-state index in [4.69, 9.17) is 4.74 Å². The van der Waals surface area contributed by atoms with Crippen LogP contribution in [0.25, 0.3) is 11.0 Å². The number of carbonyl (C=O) groups is 1. The molecule has 0 bridgehead atoms. The number of aromatic nitrogens is 4. The summed E-state index contributed by atoms with van der Waals surface area (Å²) in [5.41, 5.74) is 3.05. The second kappa shape index (κ2) is 6.12. The van der Waals surface area contributed by atoms with Crippen LogP contribution in [0.5, 0.6) is 0 Å². The van der Waals surface area contributed by atoms with Crippen molar-refractivity contribution in [3.63, 3.8) is 0 Å². The summed E-state index contributed by atoms with van der Waals surface area (Å²) in [5, 5.41) is 5.34. The maximum atomic E-state index is 12.2. The summed E-state index contributed by atoms with van der Waals surface area (Å²) < 4.78 is 7.90. The summed E-state index contributed by atoms with van der Waals surface area (Å²) in [6, 6.07) is 5.50. The molecule has 0 saturated carbocycles. The van der Waals surface area contributed by atoms with Gasteiger partial charge in [-0.05, 0) is 24.6 Å². The molecule has 8 heteroatoms. The number of carbonyl (C=O) groups excluding carboxylic acids is 1. The first kappa shape index (κ1) is 16.8. The van der Waals surface area contributed by atoms with E-state index in [2.05, 4.69) is 10.2 Å². The summed E-state index contributed by atoms with van der Waals surface area (Å²) in [6.45, 7) is 1.77. The Bertz CT molecular complexity index is 1070. The third-order valence-electron chi connectivity index (χ3n) is 4.66. The maximum absolute atomic E-state index is 12.2. The lowest BCUT2D eigenvalue weighted by atomic mass is 9.88. The van der Waals surface area contributed by atoms with Gasteiger partial charge in [-0.2, -0.15) is 0 Å².